The molecule has 0 aromatic rings. The maximum absolute atomic E-state index is 12.0. The largest absolute Gasteiger partial charge is 0.352 e. The van der Waals surface area contributed by atoms with Crippen molar-refractivity contribution in [3.8, 4) is 0 Å². The van der Waals surface area contributed by atoms with E-state index in [1.54, 1.807) is 0 Å². The molecular weight excluding hydrogens is 200 g/mol. The van der Waals surface area contributed by atoms with Gasteiger partial charge in [-0.2, -0.15) is 0 Å². The summed E-state index contributed by atoms with van der Waals surface area (Å²) in [6.45, 7) is 3.29. The molecule has 3 heteroatoms. The molecule has 0 spiro atoms. The fraction of sp³-hybridized carbons (Fsp3) is 0.923. The van der Waals surface area contributed by atoms with Gasteiger partial charge in [0.1, 0.15) is 0 Å². The quantitative estimate of drug-likeness (QED) is 0.751. The van der Waals surface area contributed by atoms with Gasteiger partial charge in [-0.1, -0.05) is 26.2 Å². The van der Waals surface area contributed by atoms with Crippen LogP contribution in [0.2, 0.25) is 0 Å². The number of amides is 1. The minimum Gasteiger partial charge on any atom is -0.352 e. The highest BCUT2D eigenvalue weighted by molar-refractivity contribution is 5.82. The molecule has 92 valence electrons. The molecule has 0 aromatic heterocycles. The van der Waals surface area contributed by atoms with Crippen molar-refractivity contribution < 1.29 is 4.79 Å². The molecule has 0 aromatic carbocycles. The van der Waals surface area contributed by atoms with Crippen molar-refractivity contribution in [1.82, 2.24) is 10.6 Å². The number of rotatable bonds is 2. The van der Waals surface area contributed by atoms with E-state index in [2.05, 4.69) is 17.6 Å². The van der Waals surface area contributed by atoms with Crippen molar-refractivity contribution in [2.75, 3.05) is 6.54 Å². The van der Waals surface area contributed by atoms with Gasteiger partial charge in [0, 0.05) is 6.04 Å². The maximum atomic E-state index is 12.0. The van der Waals surface area contributed by atoms with Crippen LogP contribution in [0.4, 0.5) is 0 Å². The van der Waals surface area contributed by atoms with E-state index in [9.17, 15) is 4.79 Å². The van der Waals surface area contributed by atoms with E-state index in [0.29, 0.717) is 6.04 Å². The summed E-state index contributed by atoms with van der Waals surface area (Å²) in [5, 5.41) is 6.53. The second-order valence-corrected chi connectivity index (χ2v) is 5.48. The maximum Gasteiger partial charge on any atom is 0.237 e. The third-order valence-corrected chi connectivity index (χ3v) is 3.91. The first-order valence-electron chi connectivity index (χ1n) is 6.79. The SMILES string of the molecule is CC1CCCC(NC(=O)C2CCCCN2)C1. The molecule has 1 saturated carbocycles. The Kier molecular flexibility index (Phi) is 4.22. The lowest BCUT2D eigenvalue weighted by molar-refractivity contribution is -0.124. The molecule has 1 amide bonds. The molecule has 16 heavy (non-hydrogen) atoms. The molecule has 2 fully saturated rings. The van der Waals surface area contributed by atoms with Gasteiger partial charge in [0.2, 0.25) is 5.91 Å². The Bertz CT molecular complexity index is 236. The molecule has 3 atom stereocenters. The normalized spacial score (nSPS) is 35.7. The molecule has 1 aliphatic carbocycles. The molecule has 1 aliphatic heterocycles. The van der Waals surface area contributed by atoms with E-state index < -0.39 is 0 Å². The van der Waals surface area contributed by atoms with Crippen molar-refractivity contribution in [3.63, 3.8) is 0 Å². The summed E-state index contributed by atoms with van der Waals surface area (Å²) in [5.41, 5.74) is 0. The summed E-state index contributed by atoms with van der Waals surface area (Å²) in [4.78, 5) is 12.0. The van der Waals surface area contributed by atoms with E-state index in [1.165, 1.54) is 38.5 Å². The van der Waals surface area contributed by atoms with Crippen LogP contribution >= 0.6 is 0 Å². The molecular formula is C13H24N2O. The monoisotopic (exact) mass is 224 g/mol. The molecule has 0 radical (unpaired) electrons. The highest BCUT2D eigenvalue weighted by Crippen LogP contribution is 2.23. The van der Waals surface area contributed by atoms with Crippen LogP contribution in [0.5, 0.6) is 0 Å². The first kappa shape index (κ1) is 11.9. The molecule has 2 rings (SSSR count). The predicted octanol–water partition coefficient (Wildman–Crippen LogP) is 1.82. The zero-order chi connectivity index (χ0) is 11.4. The average Bonchev–Trinajstić information content (AvgIpc) is 2.30. The summed E-state index contributed by atoms with van der Waals surface area (Å²) in [5.74, 6) is 1.01. The van der Waals surface area contributed by atoms with Gasteiger partial charge >= 0.3 is 0 Å². The predicted molar refractivity (Wildman–Crippen MR) is 65.2 cm³/mol. The Hall–Kier alpha value is -0.570. The molecule has 1 saturated heterocycles. The lowest BCUT2D eigenvalue weighted by Gasteiger charge is -2.30. The van der Waals surface area contributed by atoms with Crippen LogP contribution in [0.15, 0.2) is 0 Å². The van der Waals surface area contributed by atoms with E-state index in [4.69, 9.17) is 0 Å². The van der Waals surface area contributed by atoms with Crippen LogP contribution in [0, 0.1) is 5.92 Å². The van der Waals surface area contributed by atoms with Crippen LogP contribution < -0.4 is 10.6 Å². The molecule has 3 unspecified atom stereocenters. The second kappa shape index (κ2) is 5.67. The number of carbonyl (C=O) groups is 1. The average molecular weight is 224 g/mol. The highest BCUT2D eigenvalue weighted by Gasteiger charge is 2.25. The number of hydrogen-bond donors (Lipinski definition) is 2. The number of piperidine rings is 1. The Morgan fingerprint density at radius 1 is 1.19 bits per heavy atom. The van der Waals surface area contributed by atoms with Gasteiger partial charge in [0.15, 0.2) is 0 Å². The van der Waals surface area contributed by atoms with E-state index in [0.717, 1.165) is 18.9 Å². The van der Waals surface area contributed by atoms with Crippen molar-refractivity contribution >= 4 is 5.91 Å². The van der Waals surface area contributed by atoms with E-state index in [-0.39, 0.29) is 11.9 Å². The smallest absolute Gasteiger partial charge is 0.237 e. The summed E-state index contributed by atoms with van der Waals surface area (Å²) in [6, 6.07) is 0.506. The Labute approximate surface area is 98.4 Å². The van der Waals surface area contributed by atoms with Crippen LogP contribution in [-0.4, -0.2) is 24.5 Å². The molecule has 3 nitrogen and oxygen atoms in total. The molecule has 0 bridgehead atoms. The van der Waals surface area contributed by atoms with Gasteiger partial charge in [-0.3, -0.25) is 4.79 Å². The second-order valence-electron chi connectivity index (χ2n) is 5.48. The standard InChI is InChI=1S/C13H24N2O/c1-10-5-4-6-11(9-10)15-13(16)12-7-2-3-8-14-12/h10-12,14H,2-9H2,1H3,(H,15,16). The zero-order valence-electron chi connectivity index (χ0n) is 10.3. The highest BCUT2D eigenvalue weighted by atomic mass is 16.2. The van der Waals surface area contributed by atoms with Gasteiger partial charge in [0.25, 0.3) is 0 Å². The minimum absolute atomic E-state index is 0.0750. The van der Waals surface area contributed by atoms with Crippen molar-refractivity contribution in [2.45, 2.75) is 64.0 Å². The van der Waals surface area contributed by atoms with Gasteiger partial charge in [0.05, 0.1) is 6.04 Å². The van der Waals surface area contributed by atoms with E-state index in [1.807, 2.05) is 0 Å². The van der Waals surface area contributed by atoms with E-state index >= 15 is 0 Å². The van der Waals surface area contributed by atoms with Crippen LogP contribution in [0.1, 0.15) is 51.9 Å². The summed E-state index contributed by atoms with van der Waals surface area (Å²) >= 11 is 0. The van der Waals surface area contributed by atoms with Crippen molar-refractivity contribution in [1.29, 1.82) is 0 Å². The van der Waals surface area contributed by atoms with Crippen LogP contribution in [0.3, 0.4) is 0 Å². The number of nitrogens with one attached hydrogen (secondary N) is 2. The lowest BCUT2D eigenvalue weighted by atomic mass is 9.87. The Balaban J connectivity index is 1.77. The zero-order valence-corrected chi connectivity index (χ0v) is 10.3. The van der Waals surface area contributed by atoms with Crippen LogP contribution in [0.25, 0.3) is 0 Å². The Morgan fingerprint density at radius 3 is 2.75 bits per heavy atom. The van der Waals surface area contributed by atoms with Crippen LogP contribution in [-0.2, 0) is 4.79 Å². The summed E-state index contributed by atoms with van der Waals surface area (Å²) in [7, 11) is 0. The van der Waals surface area contributed by atoms with Gasteiger partial charge < -0.3 is 10.6 Å². The Morgan fingerprint density at radius 2 is 2.06 bits per heavy atom. The third-order valence-electron chi connectivity index (χ3n) is 3.91. The fourth-order valence-electron chi connectivity index (χ4n) is 2.94. The van der Waals surface area contributed by atoms with Gasteiger partial charge in [-0.25, -0.2) is 0 Å². The molecule has 2 N–H and O–H groups in total. The minimum atomic E-state index is 0.0750. The molecule has 1 heterocycles. The molecule has 2 aliphatic rings. The van der Waals surface area contributed by atoms with Gasteiger partial charge in [-0.05, 0) is 38.1 Å². The third kappa shape index (κ3) is 3.21. The summed E-state index contributed by atoms with van der Waals surface area (Å²) < 4.78 is 0. The lowest BCUT2D eigenvalue weighted by Crippen LogP contribution is -2.50. The van der Waals surface area contributed by atoms with Crippen molar-refractivity contribution in [2.24, 2.45) is 5.92 Å². The first-order chi connectivity index (χ1) is 7.75. The number of carbonyl (C=O) groups excluding carboxylic acids is 1. The topological polar surface area (TPSA) is 41.1 Å². The number of hydrogen-bond acceptors (Lipinski definition) is 2. The van der Waals surface area contributed by atoms with Gasteiger partial charge in [-0.15, -0.1) is 0 Å². The van der Waals surface area contributed by atoms with Crippen molar-refractivity contribution in [3.05, 3.63) is 0 Å². The first-order valence-corrected chi connectivity index (χ1v) is 6.79. The summed E-state index contributed by atoms with van der Waals surface area (Å²) in [6.07, 6.45) is 8.34. The fourth-order valence-corrected chi connectivity index (χ4v) is 2.94.